The van der Waals surface area contributed by atoms with E-state index in [1.54, 1.807) is 0 Å². The average molecular weight is 313 g/mol. The van der Waals surface area contributed by atoms with E-state index >= 15 is 0 Å². The molecule has 4 nitrogen and oxygen atoms in total. The second-order valence-corrected chi connectivity index (χ2v) is 5.35. The molecule has 0 saturated carbocycles. The molecule has 0 bridgehead atoms. The van der Waals surface area contributed by atoms with Crippen LogP contribution >= 0.6 is 15.9 Å². The molecule has 1 fully saturated rings. The van der Waals surface area contributed by atoms with Crippen molar-refractivity contribution in [1.82, 2.24) is 5.32 Å². The fourth-order valence-corrected chi connectivity index (χ4v) is 2.27. The molecule has 1 amide bonds. The number of carbonyl (C=O) groups is 1. The van der Waals surface area contributed by atoms with Crippen molar-refractivity contribution < 1.29 is 9.53 Å². The molecule has 5 heteroatoms. The van der Waals surface area contributed by atoms with Crippen LogP contribution < -0.4 is 10.6 Å². The number of aryl methyl sites for hydroxylation is 1. The van der Waals surface area contributed by atoms with Crippen LogP contribution in [0.25, 0.3) is 0 Å². The van der Waals surface area contributed by atoms with Gasteiger partial charge >= 0.3 is 0 Å². The van der Waals surface area contributed by atoms with Crippen LogP contribution in [0.5, 0.6) is 0 Å². The number of halogens is 1. The van der Waals surface area contributed by atoms with Gasteiger partial charge in [-0.25, -0.2) is 0 Å². The summed E-state index contributed by atoms with van der Waals surface area (Å²) in [6.45, 7) is 4.12. The molecule has 0 radical (unpaired) electrons. The Bertz CT molecular complexity index is 431. The summed E-state index contributed by atoms with van der Waals surface area (Å²) in [7, 11) is 0. The summed E-state index contributed by atoms with van der Waals surface area (Å²) in [5.41, 5.74) is 1.91. The van der Waals surface area contributed by atoms with Crippen molar-refractivity contribution in [2.75, 3.05) is 25.1 Å². The number of benzene rings is 1. The number of hydrogen-bond donors (Lipinski definition) is 2. The van der Waals surface area contributed by atoms with Crippen molar-refractivity contribution in [3.05, 3.63) is 28.2 Å². The standard InChI is InChI=1S/C13H17BrN2O2/c1-9-2-3-10(14)6-12(9)16-13(17)7-11-8-18-5-4-15-11/h2-3,6,11,15H,4-5,7-8H2,1H3,(H,16,17). The first kappa shape index (κ1) is 13.5. The van der Waals surface area contributed by atoms with Gasteiger partial charge in [0.05, 0.1) is 13.2 Å². The van der Waals surface area contributed by atoms with Gasteiger partial charge in [0.2, 0.25) is 5.91 Å². The molecule has 1 saturated heterocycles. The zero-order chi connectivity index (χ0) is 13.0. The molecule has 1 unspecified atom stereocenters. The highest BCUT2D eigenvalue weighted by atomic mass is 79.9. The van der Waals surface area contributed by atoms with Gasteiger partial charge in [0, 0.05) is 29.2 Å². The molecule has 2 rings (SSSR count). The minimum Gasteiger partial charge on any atom is -0.378 e. The van der Waals surface area contributed by atoms with E-state index in [0.29, 0.717) is 13.0 Å². The lowest BCUT2D eigenvalue weighted by molar-refractivity contribution is -0.117. The van der Waals surface area contributed by atoms with Gasteiger partial charge in [-0.05, 0) is 24.6 Å². The van der Waals surface area contributed by atoms with E-state index in [0.717, 1.165) is 28.9 Å². The lowest BCUT2D eigenvalue weighted by atomic mass is 10.1. The smallest absolute Gasteiger partial charge is 0.226 e. The molecule has 1 aliphatic rings. The lowest BCUT2D eigenvalue weighted by Gasteiger charge is -2.23. The van der Waals surface area contributed by atoms with Crippen LogP contribution in [-0.4, -0.2) is 31.7 Å². The Kier molecular flexibility index (Phi) is 4.74. The molecule has 2 N–H and O–H groups in total. The highest BCUT2D eigenvalue weighted by Crippen LogP contribution is 2.20. The van der Waals surface area contributed by atoms with Crippen molar-refractivity contribution in [1.29, 1.82) is 0 Å². The number of carbonyl (C=O) groups excluding carboxylic acids is 1. The van der Waals surface area contributed by atoms with Crippen LogP contribution in [0.15, 0.2) is 22.7 Å². The minimum atomic E-state index is 0.0131. The minimum absolute atomic E-state index is 0.0131. The molecular weight excluding hydrogens is 296 g/mol. The van der Waals surface area contributed by atoms with Crippen LogP contribution in [0.2, 0.25) is 0 Å². The summed E-state index contributed by atoms with van der Waals surface area (Å²) >= 11 is 3.40. The summed E-state index contributed by atoms with van der Waals surface area (Å²) in [6, 6.07) is 5.97. The van der Waals surface area contributed by atoms with Gasteiger partial charge in [-0.2, -0.15) is 0 Å². The average Bonchev–Trinajstić information content (AvgIpc) is 2.35. The predicted octanol–water partition coefficient (Wildman–Crippen LogP) is 2.07. The lowest BCUT2D eigenvalue weighted by Crippen LogP contribution is -2.43. The van der Waals surface area contributed by atoms with E-state index in [-0.39, 0.29) is 11.9 Å². The molecular formula is C13H17BrN2O2. The molecule has 0 aliphatic carbocycles. The first-order valence-electron chi connectivity index (χ1n) is 6.02. The second-order valence-electron chi connectivity index (χ2n) is 4.44. The van der Waals surface area contributed by atoms with E-state index in [2.05, 4.69) is 26.6 Å². The molecule has 0 aromatic heterocycles. The predicted molar refractivity (Wildman–Crippen MR) is 74.7 cm³/mol. The van der Waals surface area contributed by atoms with E-state index in [4.69, 9.17) is 4.74 Å². The SMILES string of the molecule is Cc1ccc(Br)cc1NC(=O)CC1COCCN1. The summed E-state index contributed by atoms with van der Waals surface area (Å²) in [5, 5.41) is 6.20. The largest absolute Gasteiger partial charge is 0.378 e. The van der Waals surface area contributed by atoms with Crippen molar-refractivity contribution in [2.45, 2.75) is 19.4 Å². The molecule has 98 valence electrons. The maximum absolute atomic E-state index is 11.9. The first-order valence-corrected chi connectivity index (χ1v) is 6.81. The molecule has 1 heterocycles. The second kappa shape index (κ2) is 6.31. The quantitative estimate of drug-likeness (QED) is 0.898. The Balaban J connectivity index is 1.92. The van der Waals surface area contributed by atoms with E-state index in [9.17, 15) is 4.79 Å². The number of morpholine rings is 1. The Hall–Kier alpha value is -0.910. The topological polar surface area (TPSA) is 50.4 Å². The Morgan fingerprint density at radius 3 is 3.17 bits per heavy atom. The third kappa shape index (κ3) is 3.80. The normalized spacial score (nSPS) is 19.6. The van der Waals surface area contributed by atoms with Gasteiger partial charge < -0.3 is 15.4 Å². The van der Waals surface area contributed by atoms with Crippen LogP contribution in [0.1, 0.15) is 12.0 Å². The van der Waals surface area contributed by atoms with Crippen molar-refractivity contribution in [3.63, 3.8) is 0 Å². The summed E-state index contributed by atoms with van der Waals surface area (Å²) < 4.78 is 6.29. The molecule has 1 aromatic rings. The third-order valence-corrected chi connectivity index (χ3v) is 3.40. The monoisotopic (exact) mass is 312 g/mol. The van der Waals surface area contributed by atoms with Crippen molar-refractivity contribution >= 4 is 27.5 Å². The molecule has 18 heavy (non-hydrogen) atoms. The number of amides is 1. The van der Waals surface area contributed by atoms with Gasteiger partial charge in [0.25, 0.3) is 0 Å². The van der Waals surface area contributed by atoms with Gasteiger partial charge in [-0.15, -0.1) is 0 Å². The Morgan fingerprint density at radius 1 is 1.61 bits per heavy atom. The maximum atomic E-state index is 11.9. The third-order valence-electron chi connectivity index (χ3n) is 2.90. The fourth-order valence-electron chi connectivity index (χ4n) is 1.90. The summed E-state index contributed by atoms with van der Waals surface area (Å²) in [5.74, 6) is 0.0131. The highest BCUT2D eigenvalue weighted by molar-refractivity contribution is 9.10. The number of nitrogens with one attached hydrogen (secondary N) is 2. The zero-order valence-corrected chi connectivity index (χ0v) is 11.9. The van der Waals surface area contributed by atoms with Gasteiger partial charge in [0.1, 0.15) is 0 Å². The Labute approximate surface area is 115 Å². The van der Waals surface area contributed by atoms with Crippen molar-refractivity contribution in [3.8, 4) is 0 Å². The number of anilines is 1. The number of hydrogen-bond acceptors (Lipinski definition) is 3. The van der Waals surface area contributed by atoms with Gasteiger partial charge in [0.15, 0.2) is 0 Å². The number of ether oxygens (including phenoxy) is 1. The zero-order valence-electron chi connectivity index (χ0n) is 10.3. The molecule has 1 atom stereocenters. The summed E-state index contributed by atoms with van der Waals surface area (Å²) in [4.78, 5) is 11.9. The van der Waals surface area contributed by atoms with Crippen LogP contribution in [0.3, 0.4) is 0 Å². The Morgan fingerprint density at radius 2 is 2.44 bits per heavy atom. The fraction of sp³-hybridized carbons (Fsp3) is 0.462. The maximum Gasteiger partial charge on any atom is 0.226 e. The van der Waals surface area contributed by atoms with E-state index < -0.39 is 0 Å². The molecule has 1 aliphatic heterocycles. The van der Waals surface area contributed by atoms with Crippen LogP contribution in [0.4, 0.5) is 5.69 Å². The molecule has 1 aromatic carbocycles. The highest BCUT2D eigenvalue weighted by Gasteiger charge is 2.17. The van der Waals surface area contributed by atoms with Gasteiger partial charge in [-0.1, -0.05) is 22.0 Å². The number of rotatable bonds is 3. The summed E-state index contributed by atoms with van der Waals surface area (Å²) in [6.07, 6.45) is 0.436. The van der Waals surface area contributed by atoms with Gasteiger partial charge in [-0.3, -0.25) is 4.79 Å². The van der Waals surface area contributed by atoms with E-state index in [1.165, 1.54) is 0 Å². The van der Waals surface area contributed by atoms with E-state index in [1.807, 2.05) is 25.1 Å². The van der Waals surface area contributed by atoms with Crippen molar-refractivity contribution in [2.24, 2.45) is 0 Å². The van der Waals surface area contributed by atoms with Crippen LogP contribution in [0, 0.1) is 6.92 Å². The molecule has 0 spiro atoms. The van der Waals surface area contributed by atoms with Crippen LogP contribution in [-0.2, 0) is 9.53 Å². The first-order chi connectivity index (χ1) is 8.65.